The Kier molecular flexibility index (Phi) is 1.82. The van der Waals surface area contributed by atoms with E-state index in [1.54, 1.807) is 0 Å². The van der Waals surface area contributed by atoms with Crippen LogP contribution in [0.1, 0.15) is 24.1 Å². The first-order valence-electron chi connectivity index (χ1n) is 3.85. The molecule has 57 valence electrons. The molecular weight excluding hydrogens is 158 g/mol. The summed E-state index contributed by atoms with van der Waals surface area (Å²) in [6.45, 7) is 0. The second kappa shape index (κ2) is 2.82. The molecule has 0 amide bonds. The number of aryl methyl sites for hydroxylation is 1. The first-order chi connectivity index (χ1) is 5.36. The van der Waals surface area contributed by atoms with E-state index in [-0.39, 0.29) is 0 Å². The molecule has 0 aromatic carbocycles. The summed E-state index contributed by atoms with van der Waals surface area (Å²) in [7, 11) is 0. The molecule has 1 nitrogen and oxygen atoms in total. The fourth-order valence-corrected chi connectivity index (χ4v) is 1.56. The molecule has 0 fully saturated rings. The van der Waals surface area contributed by atoms with Crippen molar-refractivity contribution in [1.82, 2.24) is 4.98 Å². The zero-order valence-corrected chi connectivity index (χ0v) is 6.93. The van der Waals surface area contributed by atoms with Crippen LogP contribution in [-0.4, -0.2) is 4.98 Å². The van der Waals surface area contributed by atoms with Crippen LogP contribution < -0.4 is 0 Å². The van der Waals surface area contributed by atoms with E-state index in [0.717, 1.165) is 12.1 Å². The number of halogens is 1. The SMILES string of the molecule is Clc1ccc2c(n1)CCC[CH]2. The largest absolute Gasteiger partial charge is 0.241 e. The fourth-order valence-electron chi connectivity index (χ4n) is 1.40. The highest BCUT2D eigenvalue weighted by atomic mass is 35.5. The Bertz CT molecular complexity index is 270. The Morgan fingerprint density at radius 3 is 3.18 bits per heavy atom. The zero-order valence-electron chi connectivity index (χ0n) is 6.18. The average Bonchev–Trinajstić information content (AvgIpc) is 2.04. The van der Waals surface area contributed by atoms with E-state index in [1.807, 2.05) is 12.1 Å². The summed E-state index contributed by atoms with van der Waals surface area (Å²) < 4.78 is 0. The Morgan fingerprint density at radius 2 is 2.27 bits per heavy atom. The standard InChI is InChI=1S/C9H9ClN/c10-9-6-5-7-3-1-2-4-8(7)11-9/h3,5-6H,1-2,4H2. The van der Waals surface area contributed by atoms with Crippen LogP contribution in [0.2, 0.25) is 5.15 Å². The lowest BCUT2D eigenvalue weighted by Crippen LogP contribution is -2.02. The van der Waals surface area contributed by atoms with Crippen LogP contribution in [0.25, 0.3) is 0 Å². The van der Waals surface area contributed by atoms with Crippen LogP contribution in [0.5, 0.6) is 0 Å². The summed E-state index contributed by atoms with van der Waals surface area (Å²) in [5, 5.41) is 0.610. The van der Waals surface area contributed by atoms with Crippen molar-refractivity contribution in [2.45, 2.75) is 19.3 Å². The lowest BCUT2D eigenvalue weighted by atomic mass is 9.96. The highest BCUT2D eigenvalue weighted by Crippen LogP contribution is 2.22. The molecule has 1 aliphatic carbocycles. The van der Waals surface area contributed by atoms with Crippen molar-refractivity contribution in [1.29, 1.82) is 0 Å². The number of aromatic nitrogens is 1. The molecule has 0 unspecified atom stereocenters. The topological polar surface area (TPSA) is 12.9 Å². The van der Waals surface area contributed by atoms with E-state index in [4.69, 9.17) is 11.6 Å². The Balaban J connectivity index is 2.43. The molecule has 0 saturated carbocycles. The number of hydrogen-bond donors (Lipinski definition) is 0. The molecule has 0 aliphatic heterocycles. The van der Waals surface area contributed by atoms with Crippen molar-refractivity contribution in [2.24, 2.45) is 0 Å². The zero-order chi connectivity index (χ0) is 7.68. The monoisotopic (exact) mass is 166 g/mol. The molecule has 0 bridgehead atoms. The minimum atomic E-state index is 0.610. The maximum Gasteiger partial charge on any atom is 0.129 e. The van der Waals surface area contributed by atoms with Crippen molar-refractivity contribution in [3.63, 3.8) is 0 Å². The molecular formula is C9H9ClN. The number of nitrogens with zero attached hydrogens (tertiary/aromatic N) is 1. The van der Waals surface area contributed by atoms with E-state index >= 15 is 0 Å². The van der Waals surface area contributed by atoms with Gasteiger partial charge in [0.1, 0.15) is 5.15 Å². The van der Waals surface area contributed by atoms with Gasteiger partial charge in [-0.05, 0) is 37.3 Å². The van der Waals surface area contributed by atoms with Gasteiger partial charge in [0.2, 0.25) is 0 Å². The maximum absolute atomic E-state index is 5.75. The Hall–Kier alpha value is -0.560. The van der Waals surface area contributed by atoms with E-state index in [2.05, 4.69) is 11.4 Å². The van der Waals surface area contributed by atoms with Crippen molar-refractivity contribution in [2.75, 3.05) is 0 Å². The minimum Gasteiger partial charge on any atom is -0.241 e. The van der Waals surface area contributed by atoms with Crippen LogP contribution in [0.4, 0.5) is 0 Å². The Morgan fingerprint density at radius 1 is 1.36 bits per heavy atom. The third-order valence-electron chi connectivity index (χ3n) is 1.96. The summed E-state index contributed by atoms with van der Waals surface area (Å²) in [6.07, 6.45) is 5.69. The van der Waals surface area contributed by atoms with Gasteiger partial charge in [-0.3, -0.25) is 0 Å². The molecule has 0 atom stereocenters. The van der Waals surface area contributed by atoms with Crippen molar-refractivity contribution < 1.29 is 0 Å². The van der Waals surface area contributed by atoms with Gasteiger partial charge in [-0.2, -0.15) is 0 Å². The third kappa shape index (κ3) is 1.38. The van der Waals surface area contributed by atoms with E-state index in [1.165, 1.54) is 18.4 Å². The summed E-state index contributed by atoms with van der Waals surface area (Å²) in [4.78, 5) is 4.25. The summed E-state index contributed by atoms with van der Waals surface area (Å²) in [5.74, 6) is 0. The quantitative estimate of drug-likeness (QED) is 0.540. The second-order valence-corrected chi connectivity index (χ2v) is 3.15. The van der Waals surface area contributed by atoms with Crippen LogP contribution >= 0.6 is 11.6 Å². The molecule has 1 aromatic heterocycles. The van der Waals surface area contributed by atoms with Crippen LogP contribution in [0, 0.1) is 6.42 Å². The molecule has 1 aliphatic rings. The van der Waals surface area contributed by atoms with E-state index in [0.29, 0.717) is 5.15 Å². The Labute approximate surface area is 71.4 Å². The number of rotatable bonds is 0. The highest BCUT2D eigenvalue weighted by Gasteiger charge is 2.09. The molecule has 0 spiro atoms. The van der Waals surface area contributed by atoms with Crippen LogP contribution in [0.3, 0.4) is 0 Å². The highest BCUT2D eigenvalue weighted by molar-refractivity contribution is 6.29. The lowest BCUT2D eigenvalue weighted by molar-refractivity contribution is 0.750. The summed E-state index contributed by atoms with van der Waals surface area (Å²) in [6, 6.07) is 3.89. The molecule has 11 heavy (non-hydrogen) atoms. The van der Waals surface area contributed by atoms with Gasteiger partial charge in [-0.1, -0.05) is 17.7 Å². The van der Waals surface area contributed by atoms with Crippen molar-refractivity contribution in [3.05, 3.63) is 35.0 Å². The number of pyridine rings is 1. The fraction of sp³-hybridized carbons (Fsp3) is 0.333. The predicted octanol–water partition coefficient (Wildman–Crippen LogP) is 2.62. The molecule has 2 rings (SSSR count). The molecule has 1 aromatic rings. The van der Waals surface area contributed by atoms with Gasteiger partial charge in [0.05, 0.1) is 0 Å². The molecule has 0 N–H and O–H groups in total. The molecule has 0 saturated heterocycles. The smallest absolute Gasteiger partial charge is 0.129 e. The molecule has 1 radical (unpaired) electrons. The van der Waals surface area contributed by atoms with Gasteiger partial charge in [0, 0.05) is 5.69 Å². The van der Waals surface area contributed by atoms with E-state index < -0.39 is 0 Å². The van der Waals surface area contributed by atoms with Gasteiger partial charge in [-0.15, -0.1) is 0 Å². The minimum absolute atomic E-state index is 0.610. The number of hydrogen-bond acceptors (Lipinski definition) is 1. The van der Waals surface area contributed by atoms with Gasteiger partial charge in [-0.25, -0.2) is 4.98 Å². The van der Waals surface area contributed by atoms with Gasteiger partial charge in [0.25, 0.3) is 0 Å². The van der Waals surface area contributed by atoms with Crippen LogP contribution in [-0.2, 0) is 6.42 Å². The first kappa shape index (κ1) is 7.11. The van der Waals surface area contributed by atoms with Crippen molar-refractivity contribution >= 4 is 11.6 Å². The number of fused-ring (bicyclic) bond motifs is 1. The summed E-state index contributed by atoms with van der Waals surface area (Å²) >= 11 is 5.75. The molecule has 1 heterocycles. The van der Waals surface area contributed by atoms with E-state index in [9.17, 15) is 0 Å². The maximum atomic E-state index is 5.75. The van der Waals surface area contributed by atoms with Gasteiger partial charge >= 0.3 is 0 Å². The third-order valence-corrected chi connectivity index (χ3v) is 2.17. The lowest BCUT2D eigenvalue weighted by Gasteiger charge is -2.13. The summed E-state index contributed by atoms with van der Waals surface area (Å²) in [5.41, 5.74) is 2.42. The second-order valence-electron chi connectivity index (χ2n) is 2.77. The predicted molar refractivity (Wildman–Crippen MR) is 45.6 cm³/mol. The molecule has 2 heteroatoms. The first-order valence-corrected chi connectivity index (χ1v) is 4.23. The van der Waals surface area contributed by atoms with Crippen molar-refractivity contribution in [3.8, 4) is 0 Å². The van der Waals surface area contributed by atoms with Gasteiger partial charge in [0.15, 0.2) is 0 Å². The average molecular weight is 167 g/mol. The van der Waals surface area contributed by atoms with Crippen LogP contribution in [0.15, 0.2) is 12.1 Å². The normalized spacial score (nSPS) is 16.1. The van der Waals surface area contributed by atoms with Gasteiger partial charge < -0.3 is 0 Å².